The number of rotatable bonds is 5. The van der Waals surface area contributed by atoms with Gasteiger partial charge in [-0.3, -0.25) is 4.79 Å². The molecule has 1 saturated heterocycles. The third kappa shape index (κ3) is 5.98. The molecule has 6 nitrogen and oxygen atoms in total. The largest absolute Gasteiger partial charge is 0.465 e. The first-order chi connectivity index (χ1) is 13.1. The standard InChI is InChI=1S/C21H30N2O4S/c1-7-16(19(24)23-10-11-27-14(2)13-23)22-17-12-15(8-9-21(3,4)5)28-18(17)20(25)26-6/h12,14,16,22H,7,10-11,13H2,1-6H3. The molecule has 0 bridgehead atoms. The lowest BCUT2D eigenvalue weighted by atomic mass is 9.98. The van der Waals surface area contributed by atoms with Crippen molar-refractivity contribution in [2.75, 3.05) is 32.1 Å². The number of carbonyl (C=O) groups excluding carboxylic acids is 2. The molecular formula is C21H30N2O4S. The number of hydrogen-bond donors (Lipinski definition) is 1. The van der Waals surface area contributed by atoms with Crippen molar-refractivity contribution in [1.29, 1.82) is 0 Å². The zero-order chi connectivity index (χ0) is 20.9. The smallest absolute Gasteiger partial charge is 0.350 e. The van der Waals surface area contributed by atoms with Gasteiger partial charge in [-0.25, -0.2) is 4.79 Å². The predicted molar refractivity (Wildman–Crippen MR) is 112 cm³/mol. The number of hydrogen-bond acceptors (Lipinski definition) is 6. The molecule has 1 fully saturated rings. The fourth-order valence-corrected chi connectivity index (χ4v) is 3.71. The van der Waals surface area contributed by atoms with Crippen LogP contribution in [0.4, 0.5) is 5.69 Å². The van der Waals surface area contributed by atoms with Gasteiger partial charge in [0.15, 0.2) is 0 Å². The molecule has 7 heteroatoms. The summed E-state index contributed by atoms with van der Waals surface area (Å²) < 4.78 is 10.4. The fourth-order valence-electron chi connectivity index (χ4n) is 2.82. The van der Waals surface area contributed by atoms with Crippen molar-refractivity contribution in [1.82, 2.24) is 4.90 Å². The van der Waals surface area contributed by atoms with Gasteiger partial charge in [-0.2, -0.15) is 0 Å². The molecular weight excluding hydrogens is 376 g/mol. The van der Waals surface area contributed by atoms with Crippen molar-refractivity contribution in [3.05, 3.63) is 15.8 Å². The molecule has 0 spiro atoms. The lowest BCUT2D eigenvalue weighted by Gasteiger charge is -2.33. The van der Waals surface area contributed by atoms with Gasteiger partial charge in [0.2, 0.25) is 5.91 Å². The van der Waals surface area contributed by atoms with Crippen LogP contribution >= 0.6 is 11.3 Å². The van der Waals surface area contributed by atoms with E-state index in [-0.39, 0.29) is 17.4 Å². The maximum Gasteiger partial charge on any atom is 0.350 e. The Labute approximate surface area is 171 Å². The van der Waals surface area contributed by atoms with Gasteiger partial charge < -0.3 is 19.7 Å². The van der Waals surface area contributed by atoms with E-state index in [2.05, 4.69) is 17.2 Å². The summed E-state index contributed by atoms with van der Waals surface area (Å²) in [7, 11) is 1.35. The van der Waals surface area contributed by atoms with Gasteiger partial charge in [-0.1, -0.05) is 18.8 Å². The molecule has 2 heterocycles. The van der Waals surface area contributed by atoms with Crippen LogP contribution in [0.5, 0.6) is 0 Å². The Kier molecular flexibility index (Phi) is 7.50. The summed E-state index contributed by atoms with van der Waals surface area (Å²) in [6.07, 6.45) is 0.630. The lowest BCUT2D eigenvalue weighted by molar-refractivity contribution is -0.139. The predicted octanol–water partition coefficient (Wildman–Crippen LogP) is 3.37. The first-order valence-corrected chi connectivity index (χ1v) is 10.4. The van der Waals surface area contributed by atoms with Gasteiger partial charge in [0.05, 0.1) is 30.4 Å². The molecule has 1 aromatic heterocycles. The highest BCUT2D eigenvalue weighted by Gasteiger charge is 2.28. The minimum atomic E-state index is -0.432. The lowest BCUT2D eigenvalue weighted by Crippen LogP contribution is -2.50. The number of ether oxygens (including phenoxy) is 2. The third-order valence-electron chi connectivity index (χ3n) is 4.25. The molecule has 0 aromatic carbocycles. The number of esters is 1. The van der Waals surface area contributed by atoms with Gasteiger partial charge >= 0.3 is 5.97 Å². The number of anilines is 1. The zero-order valence-electron chi connectivity index (χ0n) is 17.5. The Morgan fingerprint density at radius 1 is 1.46 bits per heavy atom. The molecule has 2 unspecified atom stereocenters. The van der Waals surface area contributed by atoms with Gasteiger partial charge in [0.1, 0.15) is 10.9 Å². The highest BCUT2D eigenvalue weighted by Crippen LogP contribution is 2.29. The van der Waals surface area contributed by atoms with Crippen LogP contribution in [0.25, 0.3) is 0 Å². The quantitative estimate of drug-likeness (QED) is 0.600. The van der Waals surface area contributed by atoms with Crippen molar-refractivity contribution < 1.29 is 19.1 Å². The molecule has 154 valence electrons. The van der Waals surface area contributed by atoms with E-state index >= 15 is 0 Å². The number of nitrogens with one attached hydrogen (secondary N) is 1. The highest BCUT2D eigenvalue weighted by atomic mass is 32.1. The summed E-state index contributed by atoms with van der Waals surface area (Å²) in [5.41, 5.74) is 0.453. The van der Waals surface area contributed by atoms with Crippen LogP contribution in [-0.2, 0) is 14.3 Å². The Balaban J connectivity index is 2.25. The molecule has 1 aromatic rings. The summed E-state index contributed by atoms with van der Waals surface area (Å²) in [4.78, 5) is 28.2. The number of carbonyl (C=O) groups is 2. The fraction of sp³-hybridized carbons (Fsp3) is 0.619. The van der Waals surface area contributed by atoms with Crippen molar-refractivity contribution >= 4 is 28.9 Å². The van der Waals surface area contributed by atoms with E-state index in [4.69, 9.17) is 9.47 Å². The van der Waals surface area contributed by atoms with Crippen LogP contribution in [0.1, 0.15) is 55.6 Å². The number of thiophene rings is 1. The monoisotopic (exact) mass is 406 g/mol. The zero-order valence-corrected chi connectivity index (χ0v) is 18.4. The van der Waals surface area contributed by atoms with Crippen molar-refractivity contribution in [2.45, 2.75) is 53.2 Å². The second kappa shape index (κ2) is 9.44. The average molecular weight is 407 g/mol. The van der Waals surface area contributed by atoms with Gasteiger partial charge in [0.25, 0.3) is 0 Å². The molecule has 1 aliphatic rings. The van der Waals surface area contributed by atoms with E-state index in [0.717, 1.165) is 4.88 Å². The summed E-state index contributed by atoms with van der Waals surface area (Å²) in [5.74, 6) is 5.88. The van der Waals surface area contributed by atoms with Crippen LogP contribution < -0.4 is 5.32 Å². The summed E-state index contributed by atoms with van der Waals surface area (Å²) in [5, 5.41) is 3.25. The van der Waals surface area contributed by atoms with E-state index in [0.29, 0.717) is 36.7 Å². The number of nitrogens with zero attached hydrogens (tertiary/aromatic N) is 1. The second-order valence-electron chi connectivity index (χ2n) is 7.92. The van der Waals surface area contributed by atoms with Crippen LogP contribution in [0.15, 0.2) is 6.07 Å². The van der Waals surface area contributed by atoms with E-state index in [1.54, 1.807) is 0 Å². The van der Waals surface area contributed by atoms with Crippen molar-refractivity contribution in [2.24, 2.45) is 5.41 Å². The van der Waals surface area contributed by atoms with Crippen LogP contribution in [0.2, 0.25) is 0 Å². The molecule has 0 radical (unpaired) electrons. The molecule has 2 atom stereocenters. The van der Waals surface area contributed by atoms with Crippen molar-refractivity contribution in [3.8, 4) is 11.8 Å². The SMILES string of the molecule is CCC(Nc1cc(C#CC(C)(C)C)sc1C(=O)OC)C(=O)N1CCOC(C)C1. The van der Waals surface area contributed by atoms with E-state index < -0.39 is 12.0 Å². The summed E-state index contributed by atoms with van der Waals surface area (Å²) in [6.45, 7) is 11.7. The van der Waals surface area contributed by atoms with Crippen molar-refractivity contribution in [3.63, 3.8) is 0 Å². The molecule has 0 aliphatic carbocycles. The molecule has 1 amide bonds. The first kappa shape index (κ1) is 22.3. The molecule has 28 heavy (non-hydrogen) atoms. The number of amides is 1. The Bertz CT molecular complexity index is 770. The van der Waals surface area contributed by atoms with Crippen LogP contribution in [0.3, 0.4) is 0 Å². The first-order valence-electron chi connectivity index (χ1n) is 9.56. The Morgan fingerprint density at radius 2 is 2.18 bits per heavy atom. The van der Waals surface area contributed by atoms with Crippen LogP contribution in [-0.4, -0.2) is 55.7 Å². The molecule has 2 rings (SSSR count). The molecule has 1 N–H and O–H groups in total. The summed E-state index contributed by atoms with van der Waals surface area (Å²) >= 11 is 1.28. The average Bonchev–Trinajstić information content (AvgIpc) is 3.05. The maximum absolute atomic E-state index is 13.0. The maximum atomic E-state index is 13.0. The van der Waals surface area contributed by atoms with Gasteiger partial charge in [0, 0.05) is 18.5 Å². The third-order valence-corrected chi connectivity index (χ3v) is 5.28. The Hall–Kier alpha value is -2.04. The van der Waals surface area contributed by atoms with E-state index in [1.807, 2.05) is 45.6 Å². The van der Waals surface area contributed by atoms with Gasteiger partial charge in [-0.15, -0.1) is 11.3 Å². The highest BCUT2D eigenvalue weighted by molar-refractivity contribution is 7.15. The molecule has 0 saturated carbocycles. The van der Waals surface area contributed by atoms with Crippen LogP contribution in [0, 0.1) is 17.3 Å². The minimum Gasteiger partial charge on any atom is -0.465 e. The second-order valence-corrected chi connectivity index (χ2v) is 8.97. The van der Waals surface area contributed by atoms with E-state index in [9.17, 15) is 9.59 Å². The summed E-state index contributed by atoms with van der Waals surface area (Å²) in [6, 6.07) is 1.40. The van der Waals surface area contributed by atoms with Gasteiger partial charge in [-0.05, 0) is 40.2 Å². The molecule has 1 aliphatic heterocycles. The normalized spacial score (nSPS) is 18.1. The number of methoxy groups -OCH3 is 1. The minimum absolute atomic E-state index is 0.0157. The number of morpholine rings is 1. The topological polar surface area (TPSA) is 67.9 Å². The van der Waals surface area contributed by atoms with E-state index in [1.165, 1.54) is 18.4 Å². The Morgan fingerprint density at radius 3 is 2.75 bits per heavy atom.